The molecule has 0 atom stereocenters. The van der Waals surface area contributed by atoms with Gasteiger partial charge < -0.3 is 4.74 Å². The molecule has 0 unspecified atom stereocenters. The van der Waals surface area contributed by atoms with Gasteiger partial charge >= 0.3 is 5.69 Å². The first-order chi connectivity index (χ1) is 7.66. The molecule has 0 heterocycles. The highest BCUT2D eigenvalue weighted by atomic mass is 32.1. The summed E-state index contributed by atoms with van der Waals surface area (Å²) in [6.07, 6.45) is 1.80. The van der Waals surface area contributed by atoms with E-state index >= 15 is 0 Å². The second-order valence-electron chi connectivity index (χ2n) is 3.46. The van der Waals surface area contributed by atoms with Crippen LogP contribution in [0.4, 0.5) is 5.69 Å². The minimum Gasteiger partial charge on any atom is -0.487 e. The molecule has 1 aromatic rings. The van der Waals surface area contributed by atoms with Gasteiger partial charge in [-0.15, -0.1) is 0 Å². The van der Waals surface area contributed by atoms with Crippen molar-refractivity contribution in [2.45, 2.75) is 19.8 Å². The van der Waals surface area contributed by atoms with Crippen molar-refractivity contribution < 1.29 is 9.66 Å². The van der Waals surface area contributed by atoms with Crippen LogP contribution in [0.25, 0.3) is 0 Å². The predicted octanol–water partition coefficient (Wildman–Crippen LogP) is 2.99. The van der Waals surface area contributed by atoms with Crippen molar-refractivity contribution >= 4 is 18.3 Å². The monoisotopic (exact) mass is 241 g/mol. The average Bonchev–Trinajstić information content (AvgIpc) is 2.24. The fourth-order valence-corrected chi connectivity index (χ4v) is 1.60. The first-order valence-electron chi connectivity index (χ1n) is 5.14. The van der Waals surface area contributed by atoms with Crippen LogP contribution in [0.3, 0.4) is 0 Å². The molecule has 0 saturated carbocycles. The van der Waals surface area contributed by atoms with Gasteiger partial charge in [-0.25, -0.2) is 0 Å². The lowest BCUT2D eigenvalue weighted by atomic mass is 10.2. The standard InChI is InChI=1S/C11H15NO3S/c1-9-5-4-6-10(11(9)12(13)14)15-7-2-3-8-16/h4-6,16H,2-3,7-8H2,1H3. The summed E-state index contributed by atoms with van der Waals surface area (Å²) in [7, 11) is 0. The molecule has 88 valence electrons. The number of thiol groups is 1. The molecule has 1 rings (SSSR count). The second kappa shape index (κ2) is 6.37. The Balaban J connectivity index is 2.71. The number of nitrogens with zero attached hydrogens (tertiary/aromatic N) is 1. The number of hydrogen-bond acceptors (Lipinski definition) is 4. The van der Waals surface area contributed by atoms with Gasteiger partial charge in [0.1, 0.15) is 0 Å². The number of rotatable bonds is 6. The van der Waals surface area contributed by atoms with Crippen LogP contribution in [0, 0.1) is 17.0 Å². The molecule has 1 aromatic carbocycles. The van der Waals surface area contributed by atoms with Crippen LogP contribution in [-0.2, 0) is 0 Å². The number of para-hydroxylation sites is 1. The average molecular weight is 241 g/mol. The lowest BCUT2D eigenvalue weighted by Crippen LogP contribution is -2.02. The highest BCUT2D eigenvalue weighted by molar-refractivity contribution is 7.80. The van der Waals surface area contributed by atoms with Crippen LogP contribution >= 0.6 is 12.6 Å². The molecule has 0 aliphatic carbocycles. The molecule has 16 heavy (non-hydrogen) atoms. The summed E-state index contributed by atoms with van der Waals surface area (Å²) in [6.45, 7) is 2.20. The van der Waals surface area contributed by atoms with Gasteiger partial charge in [0, 0.05) is 5.56 Å². The molecule has 0 aromatic heterocycles. The van der Waals surface area contributed by atoms with E-state index < -0.39 is 4.92 Å². The largest absolute Gasteiger partial charge is 0.487 e. The SMILES string of the molecule is Cc1cccc(OCCCCS)c1[N+](=O)[O-]. The normalized spacial score (nSPS) is 10.1. The van der Waals surface area contributed by atoms with Gasteiger partial charge in [0.2, 0.25) is 0 Å². The summed E-state index contributed by atoms with van der Waals surface area (Å²) in [5.41, 5.74) is 0.685. The third kappa shape index (κ3) is 3.41. The molecule has 0 aliphatic heterocycles. The fraction of sp³-hybridized carbons (Fsp3) is 0.455. The molecule has 0 aliphatic rings. The van der Waals surface area contributed by atoms with Crippen molar-refractivity contribution in [3.8, 4) is 5.75 Å². The van der Waals surface area contributed by atoms with Crippen LogP contribution in [0.15, 0.2) is 18.2 Å². The smallest absolute Gasteiger partial charge is 0.313 e. The van der Waals surface area contributed by atoms with Crippen molar-refractivity contribution in [2.24, 2.45) is 0 Å². The Morgan fingerprint density at radius 1 is 1.44 bits per heavy atom. The molecule has 0 fully saturated rings. The highest BCUT2D eigenvalue weighted by Gasteiger charge is 2.17. The molecule has 0 bridgehead atoms. The number of nitro groups is 1. The molecule has 0 spiro atoms. The molecular weight excluding hydrogens is 226 g/mol. The maximum atomic E-state index is 10.8. The minimum atomic E-state index is -0.400. The number of ether oxygens (including phenoxy) is 1. The number of aryl methyl sites for hydroxylation is 1. The topological polar surface area (TPSA) is 52.4 Å². The van der Waals surface area contributed by atoms with E-state index in [1.54, 1.807) is 25.1 Å². The third-order valence-electron chi connectivity index (χ3n) is 2.19. The summed E-state index contributed by atoms with van der Waals surface area (Å²) in [6, 6.07) is 5.10. The quantitative estimate of drug-likeness (QED) is 0.360. The zero-order valence-corrected chi connectivity index (χ0v) is 10.1. The van der Waals surface area contributed by atoms with E-state index in [4.69, 9.17) is 4.74 Å². The maximum absolute atomic E-state index is 10.8. The molecule has 0 amide bonds. The third-order valence-corrected chi connectivity index (χ3v) is 2.51. The van der Waals surface area contributed by atoms with Crippen LogP contribution in [0.5, 0.6) is 5.75 Å². The van der Waals surface area contributed by atoms with Crippen molar-refractivity contribution in [2.75, 3.05) is 12.4 Å². The van der Waals surface area contributed by atoms with E-state index in [-0.39, 0.29) is 5.69 Å². The van der Waals surface area contributed by atoms with Gasteiger partial charge in [-0.3, -0.25) is 10.1 Å². The zero-order valence-electron chi connectivity index (χ0n) is 9.18. The van der Waals surface area contributed by atoms with Gasteiger partial charge in [-0.1, -0.05) is 12.1 Å². The predicted molar refractivity (Wildman–Crippen MR) is 66.4 cm³/mol. The first-order valence-corrected chi connectivity index (χ1v) is 5.77. The fourth-order valence-electron chi connectivity index (χ4n) is 1.38. The minimum absolute atomic E-state index is 0.0633. The summed E-state index contributed by atoms with van der Waals surface area (Å²) < 4.78 is 5.41. The molecular formula is C11H15NO3S. The molecule has 4 nitrogen and oxygen atoms in total. The van der Waals surface area contributed by atoms with Crippen molar-refractivity contribution in [3.05, 3.63) is 33.9 Å². The van der Waals surface area contributed by atoms with E-state index in [0.717, 1.165) is 18.6 Å². The Labute approximate surface area is 100 Å². The van der Waals surface area contributed by atoms with Gasteiger partial charge in [0.05, 0.1) is 11.5 Å². The highest BCUT2D eigenvalue weighted by Crippen LogP contribution is 2.30. The van der Waals surface area contributed by atoms with Crippen LogP contribution in [0.1, 0.15) is 18.4 Å². The number of unbranched alkanes of at least 4 members (excludes halogenated alkanes) is 1. The molecule has 0 N–H and O–H groups in total. The van der Waals surface area contributed by atoms with E-state index in [9.17, 15) is 10.1 Å². The summed E-state index contributed by atoms with van der Waals surface area (Å²) in [5.74, 6) is 1.16. The van der Waals surface area contributed by atoms with Gasteiger partial charge in [0.15, 0.2) is 5.75 Å². The van der Waals surface area contributed by atoms with E-state index in [0.29, 0.717) is 17.9 Å². The van der Waals surface area contributed by atoms with Crippen molar-refractivity contribution in [3.63, 3.8) is 0 Å². The van der Waals surface area contributed by atoms with E-state index in [2.05, 4.69) is 12.6 Å². The molecule has 5 heteroatoms. The van der Waals surface area contributed by atoms with Gasteiger partial charge in [-0.2, -0.15) is 12.6 Å². The Hall–Kier alpha value is -1.23. The van der Waals surface area contributed by atoms with Crippen LogP contribution in [-0.4, -0.2) is 17.3 Å². The van der Waals surface area contributed by atoms with Gasteiger partial charge in [0.25, 0.3) is 0 Å². The lowest BCUT2D eigenvalue weighted by Gasteiger charge is -2.07. The van der Waals surface area contributed by atoms with Crippen LogP contribution < -0.4 is 4.74 Å². The number of hydrogen-bond donors (Lipinski definition) is 1. The zero-order chi connectivity index (χ0) is 12.0. The Morgan fingerprint density at radius 2 is 2.19 bits per heavy atom. The van der Waals surface area contributed by atoms with Crippen molar-refractivity contribution in [1.29, 1.82) is 0 Å². The van der Waals surface area contributed by atoms with E-state index in [1.807, 2.05) is 0 Å². The summed E-state index contributed by atoms with van der Waals surface area (Å²) in [4.78, 5) is 10.4. The Morgan fingerprint density at radius 3 is 2.81 bits per heavy atom. The first kappa shape index (κ1) is 12.8. The second-order valence-corrected chi connectivity index (χ2v) is 3.91. The summed E-state index contributed by atoms with van der Waals surface area (Å²) in [5, 5.41) is 10.8. The molecule has 0 saturated heterocycles. The Kier molecular flexibility index (Phi) is 5.11. The van der Waals surface area contributed by atoms with Crippen molar-refractivity contribution in [1.82, 2.24) is 0 Å². The number of nitro benzene ring substituents is 1. The Bertz CT molecular complexity index is 368. The van der Waals surface area contributed by atoms with Gasteiger partial charge in [-0.05, 0) is 31.6 Å². The maximum Gasteiger partial charge on any atom is 0.313 e. The number of benzene rings is 1. The summed E-state index contributed by atoms with van der Waals surface area (Å²) >= 11 is 4.09. The molecule has 0 radical (unpaired) electrons. The lowest BCUT2D eigenvalue weighted by molar-refractivity contribution is -0.386. The van der Waals surface area contributed by atoms with Crippen LogP contribution in [0.2, 0.25) is 0 Å². The van der Waals surface area contributed by atoms with E-state index in [1.165, 1.54) is 0 Å².